The molecule has 0 bridgehead atoms. The van der Waals surface area contributed by atoms with E-state index < -0.39 is 0 Å². The van der Waals surface area contributed by atoms with Gasteiger partial charge in [-0.25, -0.2) is 0 Å². The molecule has 334 valence electrons. The summed E-state index contributed by atoms with van der Waals surface area (Å²) in [5, 5.41) is 0. The predicted molar refractivity (Wildman–Crippen MR) is 304 cm³/mol. The van der Waals surface area contributed by atoms with E-state index in [1.165, 1.54) is 121 Å². The normalized spacial score (nSPS) is 14.3. The van der Waals surface area contributed by atoms with Crippen molar-refractivity contribution in [1.29, 1.82) is 0 Å². The van der Waals surface area contributed by atoms with Gasteiger partial charge in [-0.2, -0.15) is 0 Å². The van der Waals surface area contributed by atoms with Crippen molar-refractivity contribution < 1.29 is 0 Å². The third kappa shape index (κ3) is 5.88. The molecule has 5 aliphatic heterocycles. The zero-order chi connectivity index (χ0) is 47.1. The topological polar surface area (TPSA) is 9.72 Å². The third-order valence-electron chi connectivity index (χ3n) is 16.1. The monoisotopic (exact) mass is 915 g/mol. The fourth-order valence-electron chi connectivity index (χ4n) is 13.0. The van der Waals surface area contributed by atoms with E-state index in [0.717, 1.165) is 5.69 Å². The van der Waals surface area contributed by atoms with Crippen LogP contribution in [0.2, 0.25) is 0 Å². The van der Waals surface area contributed by atoms with Crippen molar-refractivity contribution in [3.8, 4) is 0 Å². The van der Waals surface area contributed by atoms with Crippen LogP contribution in [0, 0.1) is 0 Å². The number of hydrogen-bond acceptors (Lipinski definition) is 4. The van der Waals surface area contributed by atoms with Crippen LogP contribution in [0.1, 0.15) is 76.0 Å². The summed E-state index contributed by atoms with van der Waals surface area (Å²) in [6, 6.07) is 72.1. The maximum atomic E-state index is 2.64. The summed E-state index contributed by atoms with van der Waals surface area (Å²) < 4.78 is 0. The van der Waals surface area contributed by atoms with Crippen molar-refractivity contribution in [2.75, 3.05) is 14.7 Å². The van der Waals surface area contributed by atoms with E-state index in [0.29, 0.717) is 17.8 Å². The van der Waals surface area contributed by atoms with E-state index in [-0.39, 0.29) is 20.1 Å². The Bertz CT molecular complexity index is 3590. The quantitative estimate of drug-likeness (QED) is 0.154. The molecule has 0 spiro atoms. The second kappa shape index (κ2) is 15.7. The van der Waals surface area contributed by atoms with E-state index in [4.69, 9.17) is 0 Å². The molecule has 5 aliphatic rings. The van der Waals surface area contributed by atoms with Crippen LogP contribution < -0.4 is 63.9 Å². The predicted octanol–water partition coefficient (Wildman–Crippen LogP) is 10.7. The van der Waals surface area contributed by atoms with Crippen molar-refractivity contribution >= 4 is 132 Å². The third-order valence-corrected chi connectivity index (χ3v) is 17.2. The average molecular weight is 916 g/mol. The number of benzene rings is 9. The Labute approximate surface area is 418 Å². The molecule has 9 aromatic carbocycles. The van der Waals surface area contributed by atoms with Crippen LogP contribution in [0.5, 0.6) is 0 Å². The van der Waals surface area contributed by atoms with Gasteiger partial charge >= 0.3 is 0 Å². The SMILES string of the molecule is CC(C)c1cc(C(C)C)c(B2c3ccccc3Sc3cc4c(cc32)N(c2ccccc2)c2cc3c5c6c2B4c2ccccc2N6c2ccccc2B5c2ccccc2N3c2ccccc2)c(C(C)C)c1. The molecule has 0 aromatic heterocycles. The van der Waals surface area contributed by atoms with E-state index in [2.05, 4.69) is 244 Å². The van der Waals surface area contributed by atoms with Gasteiger partial charge in [0, 0.05) is 61.0 Å². The van der Waals surface area contributed by atoms with Crippen LogP contribution in [-0.4, -0.2) is 20.1 Å². The van der Waals surface area contributed by atoms with Crippen LogP contribution in [0.25, 0.3) is 0 Å². The van der Waals surface area contributed by atoms with E-state index >= 15 is 0 Å². The molecule has 0 aliphatic carbocycles. The second-order valence-corrected chi connectivity index (χ2v) is 22.0. The minimum absolute atomic E-state index is 0.00438. The average Bonchev–Trinajstić information content (AvgIpc) is 3.39. The van der Waals surface area contributed by atoms with Crippen LogP contribution >= 0.6 is 11.8 Å². The molecule has 0 unspecified atom stereocenters. The molecule has 0 fully saturated rings. The summed E-state index contributed by atoms with van der Waals surface area (Å²) in [5.41, 5.74) is 28.0. The maximum Gasteiger partial charge on any atom is 0.252 e. The first-order valence-corrected chi connectivity index (χ1v) is 26.2. The smallest absolute Gasteiger partial charge is 0.252 e. The summed E-state index contributed by atoms with van der Waals surface area (Å²) in [7, 11) is 0. The summed E-state index contributed by atoms with van der Waals surface area (Å²) in [5.74, 6) is 1.16. The second-order valence-electron chi connectivity index (χ2n) is 20.9. The van der Waals surface area contributed by atoms with Crippen molar-refractivity contribution in [3.05, 3.63) is 205 Å². The van der Waals surface area contributed by atoms with Crippen molar-refractivity contribution in [2.24, 2.45) is 0 Å². The van der Waals surface area contributed by atoms with Gasteiger partial charge in [0.1, 0.15) is 0 Å². The van der Waals surface area contributed by atoms with Crippen molar-refractivity contribution in [2.45, 2.75) is 69.1 Å². The minimum Gasteiger partial charge on any atom is -0.312 e. The molecular formula is C63H52B3N3S. The van der Waals surface area contributed by atoms with Gasteiger partial charge in [0.15, 0.2) is 0 Å². The van der Waals surface area contributed by atoms with Gasteiger partial charge in [-0.05, 0) is 128 Å². The summed E-state index contributed by atoms with van der Waals surface area (Å²) in [4.78, 5) is 10.5. The molecule has 70 heavy (non-hydrogen) atoms. The lowest BCUT2D eigenvalue weighted by molar-refractivity contribution is 0.812. The Morgan fingerprint density at radius 2 is 0.771 bits per heavy atom. The first-order chi connectivity index (χ1) is 34.3. The Morgan fingerprint density at radius 1 is 0.329 bits per heavy atom. The molecule has 3 nitrogen and oxygen atoms in total. The molecule has 5 heterocycles. The van der Waals surface area contributed by atoms with Gasteiger partial charge in [-0.15, -0.1) is 0 Å². The molecule has 0 N–H and O–H groups in total. The number of rotatable bonds is 6. The first kappa shape index (κ1) is 41.9. The molecule has 0 radical (unpaired) electrons. The molecular weight excluding hydrogens is 863 g/mol. The van der Waals surface area contributed by atoms with Crippen LogP contribution in [0.15, 0.2) is 198 Å². The molecule has 0 atom stereocenters. The fourth-order valence-corrected chi connectivity index (χ4v) is 14.2. The number of hydrogen-bond donors (Lipinski definition) is 0. The lowest BCUT2D eigenvalue weighted by Crippen LogP contribution is -2.69. The molecule has 9 aromatic rings. The lowest BCUT2D eigenvalue weighted by Gasteiger charge is -2.51. The summed E-state index contributed by atoms with van der Waals surface area (Å²) >= 11 is 1.96. The number of nitrogens with zero attached hydrogens (tertiary/aromatic N) is 3. The number of para-hydroxylation sites is 5. The van der Waals surface area contributed by atoms with Crippen molar-refractivity contribution in [1.82, 2.24) is 0 Å². The van der Waals surface area contributed by atoms with Gasteiger partial charge < -0.3 is 14.7 Å². The highest BCUT2D eigenvalue weighted by molar-refractivity contribution is 8.00. The Kier molecular flexibility index (Phi) is 9.40. The fraction of sp³-hybridized carbons (Fsp3) is 0.143. The van der Waals surface area contributed by atoms with Gasteiger partial charge in [0.05, 0.1) is 0 Å². The summed E-state index contributed by atoms with van der Waals surface area (Å²) in [6.07, 6.45) is 0. The van der Waals surface area contributed by atoms with E-state index in [1.54, 1.807) is 0 Å². The Balaban J connectivity index is 1.12. The molecule has 0 saturated carbocycles. The molecule has 0 amide bonds. The highest BCUT2D eigenvalue weighted by Crippen LogP contribution is 2.50. The lowest BCUT2D eigenvalue weighted by atomic mass is 9.28. The summed E-state index contributed by atoms with van der Waals surface area (Å²) in [6.45, 7) is 14.4. The number of anilines is 9. The first-order valence-electron chi connectivity index (χ1n) is 25.4. The van der Waals surface area contributed by atoms with Crippen molar-refractivity contribution in [3.63, 3.8) is 0 Å². The van der Waals surface area contributed by atoms with Gasteiger partial charge in [0.25, 0.3) is 13.4 Å². The highest BCUT2D eigenvalue weighted by Gasteiger charge is 2.52. The van der Waals surface area contributed by atoms with Crippen LogP contribution in [-0.2, 0) is 0 Å². The largest absolute Gasteiger partial charge is 0.312 e. The number of fused-ring (bicyclic) bond motifs is 12. The van der Waals surface area contributed by atoms with Gasteiger partial charge in [0.2, 0.25) is 6.71 Å². The Morgan fingerprint density at radius 3 is 1.30 bits per heavy atom. The highest BCUT2D eigenvalue weighted by atomic mass is 32.2. The molecule has 14 rings (SSSR count). The standard InChI is InChI=1S/C63H52B3N3S/c1-38(2)41-33-44(39(3)4)60(45(34-41)40(5)6)66-49-28-16-20-32-58(49)70-59-36-50-55(35-51(59)66)68(43-23-11-8-12-24-43)57-37-56-61-63-62(57)65(50)48-27-15-19-31-54(48)69(63)53-30-18-14-26-47(53)64(61)46-25-13-17-29-52(46)67(56)42-21-9-7-10-22-42/h7-40H,1-6H3. The molecule has 0 saturated heterocycles. The van der Waals surface area contributed by atoms with Gasteiger partial charge in [-0.3, -0.25) is 0 Å². The van der Waals surface area contributed by atoms with Gasteiger partial charge in [-0.1, -0.05) is 197 Å². The zero-order valence-electron chi connectivity index (χ0n) is 40.6. The molecule has 7 heteroatoms. The maximum absolute atomic E-state index is 2.64. The zero-order valence-corrected chi connectivity index (χ0v) is 41.4. The van der Waals surface area contributed by atoms with E-state index in [1.807, 2.05) is 11.8 Å². The minimum atomic E-state index is -0.00438. The van der Waals surface area contributed by atoms with E-state index in [9.17, 15) is 0 Å². The Hall–Kier alpha value is -7.08. The van der Waals surface area contributed by atoms with Crippen LogP contribution in [0.3, 0.4) is 0 Å². The van der Waals surface area contributed by atoms with Crippen LogP contribution in [0.4, 0.5) is 51.2 Å².